The highest BCUT2D eigenvalue weighted by Crippen LogP contribution is 2.20. The van der Waals surface area contributed by atoms with Crippen LogP contribution >= 0.6 is 11.6 Å². The van der Waals surface area contributed by atoms with Crippen LogP contribution in [0.2, 0.25) is 5.02 Å². The van der Waals surface area contributed by atoms with Crippen LogP contribution in [0.1, 0.15) is 23.9 Å². The first-order valence-corrected chi connectivity index (χ1v) is 7.05. The molecule has 0 aliphatic heterocycles. The Balaban J connectivity index is 1.85. The van der Waals surface area contributed by atoms with Gasteiger partial charge in [-0.1, -0.05) is 48.9 Å². The fourth-order valence-electron chi connectivity index (χ4n) is 2.10. The highest BCUT2D eigenvalue weighted by atomic mass is 35.5. The monoisotopic (exact) mass is 277 g/mol. The Bertz CT molecular complexity index is 520. The van der Waals surface area contributed by atoms with Gasteiger partial charge in [-0.3, -0.25) is 4.68 Å². The molecule has 1 aromatic carbocycles. The SMILES string of the molecule is CCc1nn(C)c(CNCCc2ccccc2)c1Cl. The molecule has 19 heavy (non-hydrogen) atoms. The molecular formula is C15H20ClN3. The van der Waals surface area contributed by atoms with Gasteiger partial charge in [0.15, 0.2) is 0 Å². The summed E-state index contributed by atoms with van der Waals surface area (Å²) < 4.78 is 1.87. The third kappa shape index (κ3) is 3.58. The van der Waals surface area contributed by atoms with E-state index in [1.54, 1.807) is 0 Å². The summed E-state index contributed by atoms with van der Waals surface area (Å²) in [5.41, 5.74) is 3.39. The third-order valence-corrected chi connectivity index (χ3v) is 3.66. The van der Waals surface area contributed by atoms with Gasteiger partial charge in [0, 0.05) is 13.6 Å². The normalized spacial score (nSPS) is 10.9. The average molecular weight is 278 g/mol. The molecule has 102 valence electrons. The van der Waals surface area contributed by atoms with Gasteiger partial charge in [0.25, 0.3) is 0 Å². The quantitative estimate of drug-likeness (QED) is 0.823. The summed E-state index contributed by atoms with van der Waals surface area (Å²) in [6, 6.07) is 10.5. The van der Waals surface area contributed by atoms with E-state index in [1.807, 2.05) is 17.8 Å². The summed E-state index contributed by atoms with van der Waals surface area (Å²) in [7, 11) is 1.94. The van der Waals surface area contributed by atoms with Crippen LogP contribution in [-0.2, 0) is 26.4 Å². The van der Waals surface area contributed by atoms with Crippen molar-refractivity contribution in [3.63, 3.8) is 0 Å². The van der Waals surface area contributed by atoms with Crippen LogP contribution in [0.3, 0.4) is 0 Å². The molecule has 1 aromatic heterocycles. The summed E-state index contributed by atoms with van der Waals surface area (Å²) >= 11 is 6.30. The van der Waals surface area contributed by atoms with Crippen molar-refractivity contribution in [3.8, 4) is 0 Å². The van der Waals surface area contributed by atoms with Gasteiger partial charge in [0.1, 0.15) is 0 Å². The van der Waals surface area contributed by atoms with Crippen LogP contribution in [0.15, 0.2) is 30.3 Å². The molecule has 2 aromatic rings. The van der Waals surface area contributed by atoms with E-state index in [0.717, 1.165) is 42.3 Å². The van der Waals surface area contributed by atoms with E-state index in [0.29, 0.717) is 0 Å². The number of aromatic nitrogens is 2. The van der Waals surface area contributed by atoms with E-state index in [9.17, 15) is 0 Å². The Morgan fingerprint density at radius 2 is 2.00 bits per heavy atom. The topological polar surface area (TPSA) is 29.9 Å². The number of nitrogens with one attached hydrogen (secondary N) is 1. The van der Waals surface area contributed by atoms with Gasteiger partial charge in [-0.25, -0.2) is 0 Å². The molecule has 1 heterocycles. The molecule has 0 radical (unpaired) electrons. The maximum Gasteiger partial charge on any atom is 0.0863 e. The van der Waals surface area contributed by atoms with Crippen molar-refractivity contribution in [1.29, 1.82) is 0 Å². The molecular weight excluding hydrogens is 258 g/mol. The standard InChI is InChI=1S/C15H20ClN3/c1-3-13-15(16)14(19(2)18-13)11-17-10-9-12-7-5-4-6-8-12/h4-8,17H,3,9-11H2,1-2H3. The Kier molecular flexibility index (Phi) is 5.00. The number of aryl methyl sites for hydroxylation is 2. The fraction of sp³-hybridized carbons (Fsp3) is 0.400. The second kappa shape index (κ2) is 6.73. The highest BCUT2D eigenvalue weighted by molar-refractivity contribution is 6.31. The van der Waals surface area contributed by atoms with E-state index in [-0.39, 0.29) is 0 Å². The molecule has 0 saturated heterocycles. The smallest absolute Gasteiger partial charge is 0.0863 e. The van der Waals surface area contributed by atoms with E-state index in [4.69, 9.17) is 11.6 Å². The van der Waals surface area contributed by atoms with Crippen molar-refractivity contribution < 1.29 is 0 Å². The summed E-state index contributed by atoms with van der Waals surface area (Å²) in [6.45, 7) is 3.77. The van der Waals surface area contributed by atoms with Crippen molar-refractivity contribution in [3.05, 3.63) is 52.3 Å². The van der Waals surface area contributed by atoms with E-state index < -0.39 is 0 Å². The third-order valence-electron chi connectivity index (χ3n) is 3.23. The number of benzene rings is 1. The largest absolute Gasteiger partial charge is 0.311 e. The summed E-state index contributed by atoms with van der Waals surface area (Å²) in [5.74, 6) is 0. The minimum atomic E-state index is 0.759. The van der Waals surface area contributed by atoms with Gasteiger partial charge < -0.3 is 5.32 Å². The number of nitrogens with zero attached hydrogens (tertiary/aromatic N) is 2. The van der Waals surface area contributed by atoms with E-state index in [1.165, 1.54) is 5.56 Å². The Labute approximate surface area is 119 Å². The second-order valence-corrected chi connectivity index (χ2v) is 4.97. The average Bonchev–Trinajstić information content (AvgIpc) is 2.71. The first-order chi connectivity index (χ1) is 9.22. The van der Waals surface area contributed by atoms with Gasteiger partial charge in [0.05, 0.1) is 16.4 Å². The molecule has 0 saturated carbocycles. The number of rotatable bonds is 6. The minimum absolute atomic E-state index is 0.759. The van der Waals surface area contributed by atoms with E-state index in [2.05, 4.69) is 41.6 Å². The van der Waals surface area contributed by atoms with Crippen LogP contribution in [0, 0.1) is 0 Å². The molecule has 0 spiro atoms. The maximum atomic E-state index is 6.30. The lowest BCUT2D eigenvalue weighted by Crippen LogP contribution is -2.18. The van der Waals surface area contributed by atoms with Crippen molar-refractivity contribution >= 4 is 11.6 Å². The fourth-order valence-corrected chi connectivity index (χ4v) is 2.46. The Morgan fingerprint density at radius 3 is 2.63 bits per heavy atom. The van der Waals surface area contributed by atoms with Crippen LogP contribution < -0.4 is 5.32 Å². The molecule has 4 heteroatoms. The minimum Gasteiger partial charge on any atom is -0.311 e. The van der Waals surface area contributed by atoms with Gasteiger partial charge in [-0.05, 0) is 24.9 Å². The summed E-state index contributed by atoms with van der Waals surface area (Å²) in [5, 5.41) is 8.64. The van der Waals surface area contributed by atoms with Crippen LogP contribution in [-0.4, -0.2) is 16.3 Å². The molecule has 3 nitrogen and oxygen atoms in total. The summed E-state index contributed by atoms with van der Waals surface area (Å²) in [4.78, 5) is 0. The van der Waals surface area contributed by atoms with Crippen LogP contribution in [0.25, 0.3) is 0 Å². The van der Waals surface area contributed by atoms with Gasteiger partial charge in [-0.2, -0.15) is 5.10 Å². The molecule has 0 atom stereocenters. The van der Waals surface area contributed by atoms with E-state index >= 15 is 0 Å². The van der Waals surface area contributed by atoms with Crippen LogP contribution in [0.5, 0.6) is 0 Å². The zero-order valence-corrected chi connectivity index (χ0v) is 12.2. The zero-order chi connectivity index (χ0) is 13.7. The number of hydrogen-bond acceptors (Lipinski definition) is 2. The predicted octanol–water partition coefficient (Wildman–Crippen LogP) is 2.97. The predicted molar refractivity (Wildman–Crippen MR) is 79.4 cm³/mol. The summed E-state index contributed by atoms with van der Waals surface area (Å²) in [6.07, 6.45) is 1.90. The first-order valence-electron chi connectivity index (χ1n) is 6.67. The first kappa shape index (κ1) is 14.1. The molecule has 1 N–H and O–H groups in total. The molecule has 0 amide bonds. The second-order valence-electron chi connectivity index (χ2n) is 4.60. The Hall–Kier alpha value is -1.32. The molecule has 0 fully saturated rings. The molecule has 0 bridgehead atoms. The Morgan fingerprint density at radius 1 is 1.26 bits per heavy atom. The van der Waals surface area contributed by atoms with Crippen LogP contribution in [0.4, 0.5) is 0 Å². The lowest BCUT2D eigenvalue weighted by molar-refractivity contribution is 0.623. The van der Waals surface area contributed by atoms with Crippen molar-refractivity contribution in [2.75, 3.05) is 6.54 Å². The molecule has 0 unspecified atom stereocenters. The van der Waals surface area contributed by atoms with Gasteiger partial charge in [0.2, 0.25) is 0 Å². The van der Waals surface area contributed by atoms with Crippen molar-refractivity contribution in [2.45, 2.75) is 26.3 Å². The molecule has 2 rings (SSSR count). The molecule has 0 aliphatic rings. The van der Waals surface area contributed by atoms with Crippen molar-refractivity contribution in [2.24, 2.45) is 7.05 Å². The number of halogens is 1. The lowest BCUT2D eigenvalue weighted by Gasteiger charge is -2.06. The number of hydrogen-bond donors (Lipinski definition) is 1. The zero-order valence-electron chi connectivity index (χ0n) is 11.5. The maximum absolute atomic E-state index is 6.30. The van der Waals surface area contributed by atoms with Crippen molar-refractivity contribution in [1.82, 2.24) is 15.1 Å². The van der Waals surface area contributed by atoms with Gasteiger partial charge >= 0.3 is 0 Å². The molecule has 0 aliphatic carbocycles. The highest BCUT2D eigenvalue weighted by Gasteiger charge is 2.11. The van der Waals surface area contributed by atoms with Gasteiger partial charge in [-0.15, -0.1) is 0 Å². The lowest BCUT2D eigenvalue weighted by atomic mass is 10.1.